The minimum Gasteiger partial charge on any atom is -0.322 e. The SMILES string of the molecule is CC.O=c1ccc2cc3cccnc3cc2[nH]1. The van der Waals surface area contributed by atoms with Crippen molar-refractivity contribution in [3.8, 4) is 0 Å². The predicted molar refractivity (Wildman–Crippen MR) is 71.2 cm³/mol. The van der Waals surface area contributed by atoms with Gasteiger partial charge < -0.3 is 4.98 Å². The number of rotatable bonds is 0. The van der Waals surface area contributed by atoms with Crippen LogP contribution in [0.15, 0.2) is 47.4 Å². The zero-order valence-corrected chi connectivity index (χ0v) is 9.90. The molecular weight excluding hydrogens is 212 g/mol. The number of aromatic nitrogens is 2. The van der Waals surface area contributed by atoms with E-state index in [1.54, 1.807) is 6.20 Å². The molecule has 3 aromatic rings. The molecule has 0 aliphatic rings. The van der Waals surface area contributed by atoms with Crippen LogP contribution in [-0.2, 0) is 0 Å². The highest BCUT2D eigenvalue weighted by Crippen LogP contribution is 2.18. The van der Waals surface area contributed by atoms with Gasteiger partial charge in [-0.15, -0.1) is 0 Å². The number of fused-ring (bicyclic) bond motifs is 2. The minimum atomic E-state index is -0.0854. The summed E-state index contributed by atoms with van der Waals surface area (Å²) in [4.78, 5) is 18.2. The Hall–Kier alpha value is -2.16. The normalized spacial score (nSPS) is 10.0. The van der Waals surface area contributed by atoms with Crippen LogP contribution in [0, 0.1) is 0 Å². The Labute approximate surface area is 99.1 Å². The van der Waals surface area contributed by atoms with Crippen molar-refractivity contribution in [3.63, 3.8) is 0 Å². The van der Waals surface area contributed by atoms with Crippen molar-refractivity contribution in [3.05, 3.63) is 52.9 Å². The van der Waals surface area contributed by atoms with E-state index in [-0.39, 0.29) is 5.56 Å². The molecule has 0 atom stereocenters. The molecule has 2 heterocycles. The number of hydrogen-bond acceptors (Lipinski definition) is 2. The Bertz CT molecular complexity index is 701. The van der Waals surface area contributed by atoms with E-state index in [4.69, 9.17) is 0 Å². The van der Waals surface area contributed by atoms with Gasteiger partial charge >= 0.3 is 0 Å². The van der Waals surface area contributed by atoms with Crippen LogP contribution >= 0.6 is 0 Å². The summed E-state index contributed by atoms with van der Waals surface area (Å²) in [6.45, 7) is 4.00. The van der Waals surface area contributed by atoms with Crippen molar-refractivity contribution in [2.75, 3.05) is 0 Å². The molecule has 0 radical (unpaired) electrons. The second-order valence-electron chi connectivity index (χ2n) is 3.46. The van der Waals surface area contributed by atoms with Gasteiger partial charge in [0.05, 0.1) is 11.0 Å². The van der Waals surface area contributed by atoms with Crippen molar-refractivity contribution in [2.45, 2.75) is 13.8 Å². The quantitative estimate of drug-likeness (QED) is 0.599. The molecule has 0 saturated carbocycles. The van der Waals surface area contributed by atoms with E-state index in [1.165, 1.54) is 6.07 Å². The van der Waals surface area contributed by atoms with E-state index in [0.29, 0.717) is 0 Å². The van der Waals surface area contributed by atoms with E-state index in [1.807, 2.05) is 44.2 Å². The highest BCUT2D eigenvalue weighted by atomic mass is 16.1. The van der Waals surface area contributed by atoms with Gasteiger partial charge in [0.15, 0.2) is 0 Å². The standard InChI is InChI=1S/C12H8N2O.C2H6/c15-12-4-3-9-6-8-2-1-5-13-10(8)7-11(9)14-12;1-2/h1-7H,(H,14,15);1-2H3. The van der Waals surface area contributed by atoms with Gasteiger partial charge in [-0.25, -0.2) is 0 Å². The molecule has 1 aromatic carbocycles. The zero-order valence-electron chi connectivity index (χ0n) is 9.90. The molecule has 3 rings (SSSR count). The maximum Gasteiger partial charge on any atom is 0.248 e. The maximum atomic E-state index is 11.1. The van der Waals surface area contributed by atoms with Gasteiger partial charge in [0, 0.05) is 17.6 Å². The van der Waals surface area contributed by atoms with Crippen LogP contribution in [0.25, 0.3) is 21.8 Å². The Morgan fingerprint density at radius 3 is 2.71 bits per heavy atom. The Morgan fingerprint density at radius 2 is 1.88 bits per heavy atom. The first-order valence-corrected chi connectivity index (χ1v) is 5.71. The fourth-order valence-electron chi connectivity index (χ4n) is 1.72. The van der Waals surface area contributed by atoms with Crippen molar-refractivity contribution in [2.24, 2.45) is 0 Å². The fraction of sp³-hybridized carbons (Fsp3) is 0.143. The van der Waals surface area contributed by atoms with Crippen LogP contribution < -0.4 is 5.56 Å². The molecule has 3 heteroatoms. The number of nitrogens with zero attached hydrogens (tertiary/aromatic N) is 1. The average molecular weight is 226 g/mol. The maximum absolute atomic E-state index is 11.1. The smallest absolute Gasteiger partial charge is 0.248 e. The number of nitrogens with one attached hydrogen (secondary N) is 1. The van der Waals surface area contributed by atoms with Crippen LogP contribution in [0.2, 0.25) is 0 Å². The van der Waals surface area contributed by atoms with Crippen molar-refractivity contribution in [1.82, 2.24) is 9.97 Å². The first-order chi connectivity index (χ1) is 8.33. The monoisotopic (exact) mass is 226 g/mol. The van der Waals surface area contributed by atoms with Crippen LogP contribution in [0.4, 0.5) is 0 Å². The summed E-state index contributed by atoms with van der Waals surface area (Å²) >= 11 is 0. The van der Waals surface area contributed by atoms with Gasteiger partial charge in [-0.2, -0.15) is 0 Å². The lowest BCUT2D eigenvalue weighted by atomic mass is 10.1. The summed E-state index contributed by atoms with van der Waals surface area (Å²) in [5.74, 6) is 0. The molecule has 0 aliphatic heterocycles. The van der Waals surface area contributed by atoms with E-state index in [2.05, 4.69) is 9.97 Å². The van der Waals surface area contributed by atoms with Crippen LogP contribution in [-0.4, -0.2) is 9.97 Å². The number of aromatic amines is 1. The first kappa shape index (κ1) is 11.3. The summed E-state index contributed by atoms with van der Waals surface area (Å²) in [5, 5.41) is 2.10. The highest BCUT2D eigenvalue weighted by molar-refractivity contribution is 5.94. The first-order valence-electron chi connectivity index (χ1n) is 5.71. The number of pyridine rings is 2. The number of H-pyrrole nitrogens is 1. The largest absolute Gasteiger partial charge is 0.322 e. The molecular formula is C14H14N2O. The molecule has 0 unspecified atom stereocenters. The molecule has 0 amide bonds. The van der Waals surface area contributed by atoms with E-state index in [9.17, 15) is 4.79 Å². The summed E-state index contributed by atoms with van der Waals surface area (Å²) in [6.07, 6.45) is 1.75. The van der Waals surface area contributed by atoms with Gasteiger partial charge in [-0.1, -0.05) is 19.9 Å². The van der Waals surface area contributed by atoms with Gasteiger partial charge in [0.1, 0.15) is 0 Å². The van der Waals surface area contributed by atoms with Crippen LogP contribution in [0.5, 0.6) is 0 Å². The molecule has 17 heavy (non-hydrogen) atoms. The van der Waals surface area contributed by atoms with E-state index >= 15 is 0 Å². The topological polar surface area (TPSA) is 45.8 Å². The third-order valence-corrected chi connectivity index (χ3v) is 2.45. The summed E-state index contributed by atoms with van der Waals surface area (Å²) in [6, 6.07) is 11.2. The Kier molecular flexibility index (Phi) is 3.19. The lowest BCUT2D eigenvalue weighted by molar-refractivity contribution is 1.31. The minimum absolute atomic E-state index is 0.0854. The lowest BCUT2D eigenvalue weighted by Crippen LogP contribution is -2.02. The van der Waals surface area contributed by atoms with Crippen molar-refractivity contribution >= 4 is 21.8 Å². The van der Waals surface area contributed by atoms with Crippen LogP contribution in [0.1, 0.15) is 13.8 Å². The van der Waals surface area contributed by atoms with Gasteiger partial charge in [-0.3, -0.25) is 9.78 Å². The molecule has 1 N–H and O–H groups in total. The molecule has 0 spiro atoms. The second-order valence-corrected chi connectivity index (χ2v) is 3.46. The second kappa shape index (κ2) is 4.78. The Balaban J connectivity index is 0.000000514. The molecule has 0 aliphatic carbocycles. The predicted octanol–water partition coefficient (Wildman–Crippen LogP) is 3.10. The fourth-order valence-corrected chi connectivity index (χ4v) is 1.72. The molecule has 86 valence electrons. The van der Waals surface area contributed by atoms with E-state index in [0.717, 1.165) is 21.8 Å². The number of hydrogen-bond donors (Lipinski definition) is 1. The average Bonchev–Trinajstić information content (AvgIpc) is 2.38. The van der Waals surface area contributed by atoms with Gasteiger partial charge in [0.2, 0.25) is 5.56 Å². The third kappa shape index (κ3) is 2.18. The number of benzene rings is 1. The third-order valence-electron chi connectivity index (χ3n) is 2.45. The van der Waals surface area contributed by atoms with Gasteiger partial charge in [-0.05, 0) is 29.7 Å². The summed E-state index contributed by atoms with van der Waals surface area (Å²) in [7, 11) is 0. The summed E-state index contributed by atoms with van der Waals surface area (Å²) in [5.41, 5.74) is 1.64. The molecule has 0 fully saturated rings. The van der Waals surface area contributed by atoms with Crippen LogP contribution in [0.3, 0.4) is 0 Å². The Morgan fingerprint density at radius 1 is 1.06 bits per heavy atom. The lowest BCUT2D eigenvalue weighted by Gasteiger charge is -2.00. The molecule has 0 bridgehead atoms. The van der Waals surface area contributed by atoms with E-state index < -0.39 is 0 Å². The zero-order chi connectivity index (χ0) is 12.3. The summed E-state index contributed by atoms with van der Waals surface area (Å²) < 4.78 is 0. The van der Waals surface area contributed by atoms with Gasteiger partial charge in [0.25, 0.3) is 0 Å². The highest BCUT2D eigenvalue weighted by Gasteiger charge is 1.98. The van der Waals surface area contributed by atoms with Crippen molar-refractivity contribution in [1.29, 1.82) is 0 Å². The molecule has 2 aromatic heterocycles. The molecule has 3 nitrogen and oxygen atoms in total. The molecule has 0 saturated heterocycles. The van der Waals surface area contributed by atoms with Crippen molar-refractivity contribution < 1.29 is 0 Å².